The summed E-state index contributed by atoms with van der Waals surface area (Å²) in [4.78, 5) is 0.152. The fraction of sp³-hybridized carbons (Fsp3) is 0.167. The highest BCUT2D eigenvalue weighted by Gasteiger charge is 2.21. The van der Waals surface area contributed by atoms with Gasteiger partial charge in [0, 0.05) is 12.1 Å². The van der Waals surface area contributed by atoms with Crippen LogP contribution in [-0.2, 0) is 16.7 Å². The first-order valence-electron chi connectivity index (χ1n) is 8.31. The summed E-state index contributed by atoms with van der Waals surface area (Å²) in [6, 6.07) is 15.9. The topological polar surface area (TPSA) is 47.2 Å². The van der Waals surface area contributed by atoms with E-state index in [2.05, 4.69) is 0 Å². The molecule has 0 N–H and O–H groups in total. The van der Waals surface area contributed by atoms with Crippen LogP contribution in [0.25, 0.3) is 10.9 Å². The first kappa shape index (κ1) is 21.7. The minimum Gasteiger partial charge on any atom is -0.418 e. The lowest BCUT2D eigenvalue weighted by Gasteiger charge is -2.09. The number of para-hydroxylation sites is 1. The van der Waals surface area contributed by atoms with Gasteiger partial charge in [-0.15, -0.1) is 0 Å². The molecule has 0 unspecified atom stereocenters. The Hall–Kier alpha value is -2.62. The van der Waals surface area contributed by atoms with Crippen LogP contribution in [0, 0.1) is 6.92 Å². The number of benzene rings is 2. The van der Waals surface area contributed by atoms with E-state index in [-0.39, 0.29) is 4.90 Å². The molecule has 3 aromatic rings. The number of aryl methyl sites for hydroxylation is 2. The van der Waals surface area contributed by atoms with Crippen molar-refractivity contribution in [3.05, 3.63) is 66.4 Å². The summed E-state index contributed by atoms with van der Waals surface area (Å²) in [7, 11) is -9.85. The first-order valence-corrected chi connectivity index (χ1v) is 9.72. The van der Waals surface area contributed by atoms with Crippen LogP contribution in [0.5, 0.6) is 5.75 Å². The summed E-state index contributed by atoms with van der Waals surface area (Å²) in [6.45, 7) is 4.74. The molecular formula is C18H18BF4NO3S. The van der Waals surface area contributed by atoms with E-state index in [1.807, 2.05) is 48.9 Å². The number of aromatic nitrogens is 1. The molecule has 1 heterocycles. The maximum atomic E-state index is 12.5. The molecule has 0 amide bonds. The van der Waals surface area contributed by atoms with E-state index in [1.165, 1.54) is 0 Å². The van der Waals surface area contributed by atoms with Crippen LogP contribution < -0.4 is 8.75 Å². The van der Waals surface area contributed by atoms with Gasteiger partial charge in [-0.3, -0.25) is 0 Å². The maximum absolute atomic E-state index is 12.5. The molecule has 10 heteroatoms. The van der Waals surface area contributed by atoms with Gasteiger partial charge in [0.15, 0.2) is 11.9 Å². The lowest BCUT2D eigenvalue weighted by Crippen LogP contribution is -2.32. The summed E-state index contributed by atoms with van der Waals surface area (Å²) < 4.78 is 71.4. The Labute approximate surface area is 160 Å². The molecule has 3 rings (SSSR count). The van der Waals surface area contributed by atoms with Gasteiger partial charge in [-0.1, -0.05) is 29.8 Å². The molecule has 28 heavy (non-hydrogen) atoms. The van der Waals surface area contributed by atoms with Crippen molar-refractivity contribution >= 4 is 28.3 Å². The van der Waals surface area contributed by atoms with E-state index in [4.69, 9.17) is 4.18 Å². The molecule has 0 spiro atoms. The molecule has 0 radical (unpaired) electrons. The third-order valence-electron chi connectivity index (χ3n) is 3.73. The van der Waals surface area contributed by atoms with Crippen LogP contribution in [0.3, 0.4) is 0 Å². The number of halogens is 4. The summed E-state index contributed by atoms with van der Waals surface area (Å²) in [5, 5.41) is 0.771. The third kappa shape index (κ3) is 5.95. The van der Waals surface area contributed by atoms with Gasteiger partial charge in [0.25, 0.3) is 0 Å². The second kappa shape index (κ2) is 8.60. The molecule has 0 bridgehead atoms. The molecule has 2 aromatic carbocycles. The SMILES string of the molecule is CC[n+]1ccc(OS(=O)(=O)c2ccc(C)cc2)c2ccccc21.F[B-](F)(F)F. The predicted octanol–water partition coefficient (Wildman–Crippen LogP) is 4.52. The van der Waals surface area contributed by atoms with Gasteiger partial charge in [-0.05, 0) is 32.0 Å². The Kier molecular flexibility index (Phi) is 6.66. The minimum absolute atomic E-state index is 0.152. The molecular weight excluding hydrogens is 397 g/mol. The Morgan fingerprint density at radius 2 is 1.54 bits per heavy atom. The van der Waals surface area contributed by atoms with E-state index < -0.39 is 17.4 Å². The van der Waals surface area contributed by atoms with Gasteiger partial charge in [-0.25, -0.2) is 0 Å². The Morgan fingerprint density at radius 1 is 0.964 bits per heavy atom. The fourth-order valence-electron chi connectivity index (χ4n) is 2.48. The molecule has 0 fully saturated rings. The molecule has 0 saturated carbocycles. The molecule has 0 aliphatic carbocycles. The summed E-state index contributed by atoms with van der Waals surface area (Å²) >= 11 is 0. The van der Waals surface area contributed by atoms with Crippen molar-refractivity contribution in [3.63, 3.8) is 0 Å². The van der Waals surface area contributed by atoms with Crippen LogP contribution in [0.4, 0.5) is 17.3 Å². The van der Waals surface area contributed by atoms with E-state index >= 15 is 0 Å². The van der Waals surface area contributed by atoms with Crippen molar-refractivity contribution in [2.45, 2.75) is 25.3 Å². The number of fused-ring (bicyclic) bond motifs is 1. The van der Waals surface area contributed by atoms with Crippen molar-refractivity contribution in [1.29, 1.82) is 0 Å². The van der Waals surface area contributed by atoms with Gasteiger partial charge < -0.3 is 21.4 Å². The zero-order chi connectivity index (χ0) is 20.9. The van der Waals surface area contributed by atoms with E-state index in [9.17, 15) is 25.7 Å². The molecule has 0 atom stereocenters. The molecule has 0 aliphatic heterocycles. The number of rotatable bonds is 4. The van der Waals surface area contributed by atoms with Crippen LogP contribution in [0.2, 0.25) is 0 Å². The van der Waals surface area contributed by atoms with Crippen molar-refractivity contribution in [3.8, 4) is 5.75 Å². The Balaban J connectivity index is 0.000000500. The van der Waals surface area contributed by atoms with Crippen LogP contribution in [0.1, 0.15) is 12.5 Å². The average Bonchev–Trinajstić information content (AvgIpc) is 2.61. The molecule has 0 saturated heterocycles. The quantitative estimate of drug-likeness (QED) is 0.273. The van der Waals surface area contributed by atoms with Crippen molar-refractivity contribution < 1.29 is 34.4 Å². The van der Waals surface area contributed by atoms with Gasteiger partial charge in [0.1, 0.15) is 11.4 Å². The van der Waals surface area contributed by atoms with E-state index in [0.29, 0.717) is 5.75 Å². The van der Waals surface area contributed by atoms with Crippen LogP contribution in [-0.4, -0.2) is 15.7 Å². The van der Waals surface area contributed by atoms with E-state index in [1.54, 1.807) is 30.3 Å². The van der Waals surface area contributed by atoms with E-state index in [0.717, 1.165) is 23.0 Å². The summed E-state index contributed by atoms with van der Waals surface area (Å²) in [5.74, 6) is 0.339. The number of hydrogen-bond donors (Lipinski definition) is 0. The number of nitrogens with zero attached hydrogens (tertiary/aromatic N) is 1. The largest absolute Gasteiger partial charge is 0.673 e. The molecule has 0 aliphatic rings. The smallest absolute Gasteiger partial charge is 0.418 e. The monoisotopic (exact) mass is 415 g/mol. The molecule has 150 valence electrons. The minimum atomic E-state index is -6.00. The second-order valence-electron chi connectivity index (χ2n) is 5.83. The van der Waals surface area contributed by atoms with Gasteiger partial charge in [0.2, 0.25) is 5.52 Å². The van der Waals surface area contributed by atoms with Gasteiger partial charge >= 0.3 is 17.4 Å². The lowest BCUT2D eigenvalue weighted by molar-refractivity contribution is -0.667. The maximum Gasteiger partial charge on any atom is 0.673 e. The third-order valence-corrected chi connectivity index (χ3v) is 4.98. The van der Waals surface area contributed by atoms with Crippen molar-refractivity contribution in [2.75, 3.05) is 0 Å². The van der Waals surface area contributed by atoms with Crippen LogP contribution >= 0.6 is 0 Å². The van der Waals surface area contributed by atoms with Crippen molar-refractivity contribution in [1.82, 2.24) is 0 Å². The highest BCUT2D eigenvalue weighted by molar-refractivity contribution is 7.87. The number of pyridine rings is 1. The van der Waals surface area contributed by atoms with Crippen molar-refractivity contribution in [2.24, 2.45) is 0 Å². The lowest BCUT2D eigenvalue weighted by atomic mass is 10.2. The Morgan fingerprint density at radius 3 is 2.11 bits per heavy atom. The standard InChI is InChI=1S/C18H18NO3S.BF4/c1-3-19-13-12-18(16-6-4-5-7-17(16)19)22-23(20,21)15-10-8-14(2)9-11-15;2-1(3,4)5/h4-13H,3H2,1-2H3;/q+1;-1. The van der Waals surface area contributed by atoms with Gasteiger partial charge in [-0.2, -0.15) is 13.0 Å². The predicted molar refractivity (Wildman–Crippen MR) is 99.0 cm³/mol. The Bertz CT molecular complexity index is 1050. The summed E-state index contributed by atoms with van der Waals surface area (Å²) in [5.41, 5.74) is 1.93. The fourth-order valence-corrected chi connectivity index (χ4v) is 3.43. The molecule has 4 nitrogen and oxygen atoms in total. The summed E-state index contributed by atoms with van der Waals surface area (Å²) in [6.07, 6.45) is 1.84. The van der Waals surface area contributed by atoms with Crippen LogP contribution in [0.15, 0.2) is 65.7 Å². The average molecular weight is 415 g/mol. The normalized spacial score (nSPS) is 11.6. The highest BCUT2D eigenvalue weighted by atomic mass is 32.2. The molecule has 1 aromatic heterocycles. The van der Waals surface area contributed by atoms with Gasteiger partial charge in [0.05, 0.1) is 5.39 Å². The zero-order valence-electron chi connectivity index (χ0n) is 15.2. The first-order chi connectivity index (χ1) is 13.0. The highest BCUT2D eigenvalue weighted by Crippen LogP contribution is 2.26. The second-order valence-corrected chi connectivity index (χ2v) is 7.37. The number of hydrogen-bond acceptors (Lipinski definition) is 3. The zero-order valence-corrected chi connectivity index (χ0v) is 16.0.